The zero-order chi connectivity index (χ0) is 5.98. The van der Waals surface area contributed by atoms with Gasteiger partial charge in [-0.15, -0.1) is 15.9 Å². The molecule has 0 bridgehead atoms. The minimum Gasteiger partial charge on any atom is -1.00 e. The van der Waals surface area contributed by atoms with Crippen LogP contribution in [0.1, 0.15) is 5.56 Å². The van der Waals surface area contributed by atoms with Crippen LogP contribution in [0.15, 0.2) is 22.7 Å². The Bertz CT molecular complexity index is 152. The number of halogens is 2. The Morgan fingerprint density at radius 3 is 2.30 bits per heavy atom. The summed E-state index contributed by atoms with van der Waals surface area (Å²) in [6.07, 6.45) is 0. The summed E-state index contributed by atoms with van der Waals surface area (Å²) in [6, 6.07) is 8.99. The third kappa shape index (κ3) is 4.55. The molecule has 0 aliphatic rings. The van der Waals surface area contributed by atoms with Gasteiger partial charge in [-0.3, -0.25) is 0 Å². The first-order valence-corrected chi connectivity index (χ1v) is 3.22. The molecule has 3 heteroatoms. The van der Waals surface area contributed by atoms with Crippen LogP contribution in [-0.4, -0.2) is 23.1 Å². The van der Waals surface area contributed by atoms with Crippen molar-refractivity contribution in [3.63, 3.8) is 0 Å². The first-order valence-electron chi connectivity index (χ1n) is 2.43. The predicted octanol–water partition coefficient (Wildman–Crippen LogP) is -0.819. The number of hydrogen-bond donors (Lipinski definition) is 0. The molecule has 1 rings (SSSR count). The molecule has 0 radical (unpaired) electrons. The third-order valence-corrected chi connectivity index (χ3v) is 1.42. The summed E-state index contributed by atoms with van der Waals surface area (Å²) in [4.78, 5) is 0. The van der Waals surface area contributed by atoms with Crippen LogP contribution in [0.2, 0.25) is 0 Å². The molecule has 0 amide bonds. The van der Waals surface area contributed by atoms with E-state index in [-0.39, 0.29) is 35.5 Å². The molecule has 1 aromatic rings. The molecule has 0 aromatic heterocycles. The first kappa shape index (κ1) is 13.4. The Hall–Kier alpha value is 0.756. The minimum absolute atomic E-state index is 0. The van der Waals surface area contributed by atoms with Crippen LogP contribution in [0.3, 0.4) is 0 Å². The van der Waals surface area contributed by atoms with E-state index in [0.717, 1.165) is 4.47 Å². The molecule has 0 aliphatic heterocycles. The molecule has 0 heterocycles. The van der Waals surface area contributed by atoms with E-state index in [2.05, 4.69) is 22.0 Å². The molecular formula is C7H6BrClMg. The third-order valence-electron chi connectivity index (χ3n) is 0.930. The molecule has 0 fully saturated rings. The van der Waals surface area contributed by atoms with Gasteiger partial charge in [0.25, 0.3) is 0 Å². The largest absolute Gasteiger partial charge is 2.00 e. The van der Waals surface area contributed by atoms with Crippen molar-refractivity contribution >= 4 is 39.0 Å². The molecule has 10 heavy (non-hydrogen) atoms. The van der Waals surface area contributed by atoms with Gasteiger partial charge in [0, 0.05) is 0 Å². The summed E-state index contributed by atoms with van der Waals surface area (Å²) < 4.78 is 1.09. The van der Waals surface area contributed by atoms with Crippen LogP contribution >= 0.6 is 15.9 Å². The smallest absolute Gasteiger partial charge is 1.00 e. The van der Waals surface area contributed by atoms with Gasteiger partial charge in [-0.25, -0.2) is 0 Å². The van der Waals surface area contributed by atoms with E-state index < -0.39 is 0 Å². The van der Waals surface area contributed by atoms with Gasteiger partial charge in [0.15, 0.2) is 0 Å². The molecule has 0 N–H and O–H groups in total. The normalized spacial score (nSPS) is 7.40. The van der Waals surface area contributed by atoms with Crippen molar-refractivity contribution in [1.82, 2.24) is 0 Å². The summed E-state index contributed by atoms with van der Waals surface area (Å²) in [5.74, 6) is 0. The van der Waals surface area contributed by atoms with E-state index in [1.165, 1.54) is 5.56 Å². The maximum atomic E-state index is 3.31. The Morgan fingerprint density at radius 2 is 2.00 bits per heavy atom. The number of benzene rings is 1. The van der Waals surface area contributed by atoms with Crippen molar-refractivity contribution in [2.75, 3.05) is 0 Å². The van der Waals surface area contributed by atoms with Crippen molar-refractivity contribution in [2.45, 2.75) is 6.92 Å². The van der Waals surface area contributed by atoms with E-state index in [4.69, 9.17) is 0 Å². The van der Waals surface area contributed by atoms with E-state index >= 15 is 0 Å². The Morgan fingerprint density at radius 1 is 1.40 bits per heavy atom. The molecule has 0 nitrogen and oxygen atoms in total. The maximum absolute atomic E-state index is 3.31. The van der Waals surface area contributed by atoms with Crippen LogP contribution in [0.5, 0.6) is 0 Å². The predicted molar refractivity (Wildman–Crippen MR) is 43.5 cm³/mol. The van der Waals surface area contributed by atoms with Crippen LogP contribution in [-0.2, 0) is 0 Å². The Labute approximate surface area is 92.1 Å². The minimum atomic E-state index is 0. The quantitative estimate of drug-likeness (QED) is 0.403. The molecular weight excluding hydrogens is 224 g/mol. The van der Waals surface area contributed by atoms with Crippen molar-refractivity contribution in [3.05, 3.63) is 34.3 Å². The second-order valence-electron chi connectivity index (χ2n) is 1.69. The average molecular weight is 230 g/mol. The van der Waals surface area contributed by atoms with Gasteiger partial charge in [-0.05, 0) is 0 Å². The SMILES string of the molecule is Cc1[c-]cc(Br)cc1.[Cl-].[Mg+2]. The monoisotopic (exact) mass is 228 g/mol. The number of aryl methyl sites for hydroxylation is 1. The van der Waals surface area contributed by atoms with Gasteiger partial charge in [-0.2, -0.15) is 29.8 Å². The average Bonchev–Trinajstić information content (AvgIpc) is 1.77. The summed E-state index contributed by atoms with van der Waals surface area (Å²) in [5.41, 5.74) is 1.17. The van der Waals surface area contributed by atoms with Crippen LogP contribution in [0.4, 0.5) is 0 Å². The number of rotatable bonds is 0. The molecule has 0 unspecified atom stereocenters. The van der Waals surface area contributed by atoms with E-state index in [1.807, 2.05) is 25.1 Å². The zero-order valence-corrected chi connectivity index (χ0v) is 9.45. The summed E-state index contributed by atoms with van der Waals surface area (Å²) in [5, 5.41) is 0. The standard InChI is InChI=1S/C7H6Br.ClH.Mg/c1-6-2-4-7(8)5-3-6;;/h2,4-5H,1H3;1H;/q-1;;+2/p-1. The topological polar surface area (TPSA) is 0 Å². The molecule has 0 spiro atoms. The van der Waals surface area contributed by atoms with E-state index in [1.54, 1.807) is 0 Å². The van der Waals surface area contributed by atoms with Crippen molar-refractivity contribution < 1.29 is 12.4 Å². The van der Waals surface area contributed by atoms with Crippen molar-refractivity contribution in [1.29, 1.82) is 0 Å². The molecule has 50 valence electrons. The molecule has 1 aromatic carbocycles. The summed E-state index contributed by atoms with van der Waals surface area (Å²) >= 11 is 3.31. The molecule has 0 saturated carbocycles. The fourth-order valence-corrected chi connectivity index (χ4v) is 0.730. The molecule has 0 saturated heterocycles. The van der Waals surface area contributed by atoms with Crippen LogP contribution in [0, 0.1) is 13.0 Å². The van der Waals surface area contributed by atoms with E-state index in [0.29, 0.717) is 0 Å². The zero-order valence-electron chi connectivity index (χ0n) is 5.70. The van der Waals surface area contributed by atoms with Crippen LogP contribution < -0.4 is 12.4 Å². The van der Waals surface area contributed by atoms with E-state index in [9.17, 15) is 0 Å². The van der Waals surface area contributed by atoms with Gasteiger partial charge < -0.3 is 12.4 Å². The van der Waals surface area contributed by atoms with Gasteiger partial charge in [-0.1, -0.05) is 11.4 Å². The Kier molecular flexibility index (Phi) is 8.63. The number of hydrogen-bond acceptors (Lipinski definition) is 0. The van der Waals surface area contributed by atoms with Gasteiger partial charge in [0.05, 0.1) is 0 Å². The fraction of sp³-hybridized carbons (Fsp3) is 0.143. The van der Waals surface area contributed by atoms with Crippen molar-refractivity contribution in [2.24, 2.45) is 0 Å². The molecule has 0 atom stereocenters. The van der Waals surface area contributed by atoms with Gasteiger partial charge in [0.1, 0.15) is 0 Å². The van der Waals surface area contributed by atoms with Gasteiger partial charge >= 0.3 is 23.1 Å². The van der Waals surface area contributed by atoms with Crippen LogP contribution in [0.25, 0.3) is 0 Å². The fourth-order valence-electron chi connectivity index (χ4n) is 0.484. The second kappa shape index (κ2) is 6.47. The first-order chi connectivity index (χ1) is 3.79. The van der Waals surface area contributed by atoms with Crippen molar-refractivity contribution in [3.8, 4) is 0 Å². The van der Waals surface area contributed by atoms with Gasteiger partial charge in [0.2, 0.25) is 0 Å². The Balaban J connectivity index is 0. The second-order valence-corrected chi connectivity index (χ2v) is 2.61. The molecule has 0 aliphatic carbocycles. The summed E-state index contributed by atoms with van der Waals surface area (Å²) in [6.45, 7) is 2.02. The summed E-state index contributed by atoms with van der Waals surface area (Å²) in [7, 11) is 0. The maximum Gasteiger partial charge on any atom is 2.00 e.